The van der Waals surface area contributed by atoms with Gasteiger partial charge in [-0.25, -0.2) is 14.2 Å². The Morgan fingerprint density at radius 2 is 1.88 bits per heavy atom. The highest BCUT2D eigenvalue weighted by Crippen LogP contribution is 2.39. The van der Waals surface area contributed by atoms with Crippen LogP contribution in [0.4, 0.5) is 9.18 Å². The summed E-state index contributed by atoms with van der Waals surface area (Å²) in [6, 6.07) is 10.1. The number of nitrogens with zero attached hydrogens (tertiary/aromatic N) is 4. The molecule has 1 N–H and O–H groups in total. The van der Waals surface area contributed by atoms with Crippen molar-refractivity contribution in [1.29, 1.82) is 0 Å². The number of hydrogen-bond acceptors (Lipinski definition) is 6. The molecule has 0 spiro atoms. The molecule has 9 heteroatoms. The second-order valence-corrected chi connectivity index (χ2v) is 9.73. The normalized spacial score (nSPS) is 17.9. The van der Waals surface area contributed by atoms with E-state index >= 15 is 0 Å². The van der Waals surface area contributed by atoms with Crippen molar-refractivity contribution in [3.8, 4) is 23.0 Å². The molecule has 1 aliphatic carbocycles. The number of carbonyl (C=O) groups is 1. The van der Waals surface area contributed by atoms with Crippen LogP contribution in [0.3, 0.4) is 0 Å². The highest BCUT2D eigenvalue weighted by Gasteiger charge is 2.37. The van der Waals surface area contributed by atoms with Gasteiger partial charge in [0, 0.05) is 12.0 Å². The van der Waals surface area contributed by atoms with E-state index in [1.165, 1.54) is 6.07 Å². The van der Waals surface area contributed by atoms with E-state index in [4.69, 9.17) is 9.47 Å². The monoisotopic (exact) mass is 467 g/mol. The number of aromatic nitrogens is 4. The molecule has 8 nitrogen and oxygen atoms in total. The predicted molar refractivity (Wildman–Crippen MR) is 125 cm³/mol. The summed E-state index contributed by atoms with van der Waals surface area (Å²) < 4.78 is 27.6. The number of nitrogens with one attached hydrogen (secondary N) is 1. The molecule has 1 aromatic carbocycles. The number of pyridine rings is 1. The van der Waals surface area contributed by atoms with E-state index in [0.717, 1.165) is 0 Å². The van der Waals surface area contributed by atoms with Gasteiger partial charge >= 0.3 is 6.09 Å². The van der Waals surface area contributed by atoms with E-state index in [2.05, 4.69) is 20.5 Å². The molecule has 2 heterocycles. The number of benzene rings is 1. The van der Waals surface area contributed by atoms with Crippen LogP contribution in [0.5, 0.6) is 5.75 Å². The number of carbonyl (C=O) groups excluding carboxylic acids is 1. The zero-order valence-corrected chi connectivity index (χ0v) is 20.1. The van der Waals surface area contributed by atoms with Crippen LogP contribution in [0, 0.1) is 5.82 Å². The van der Waals surface area contributed by atoms with Gasteiger partial charge < -0.3 is 14.8 Å². The average molecular weight is 468 g/mol. The fourth-order valence-electron chi connectivity index (χ4n) is 3.87. The van der Waals surface area contributed by atoms with Crippen LogP contribution in [0.25, 0.3) is 17.2 Å². The van der Waals surface area contributed by atoms with Crippen molar-refractivity contribution >= 4 is 6.09 Å². The first-order valence-corrected chi connectivity index (χ1v) is 11.4. The molecule has 0 saturated heterocycles. The minimum absolute atomic E-state index is 0.00402. The minimum atomic E-state index is -0.560. The minimum Gasteiger partial charge on any atom is -0.489 e. The van der Waals surface area contributed by atoms with Crippen molar-refractivity contribution in [2.45, 2.75) is 71.1 Å². The van der Waals surface area contributed by atoms with Crippen molar-refractivity contribution in [3.05, 3.63) is 54.2 Å². The molecule has 34 heavy (non-hydrogen) atoms. The van der Waals surface area contributed by atoms with Crippen molar-refractivity contribution in [1.82, 2.24) is 25.1 Å². The zero-order chi connectivity index (χ0) is 24.5. The number of ether oxygens (including phenoxy) is 2. The lowest BCUT2D eigenvalue weighted by molar-refractivity contribution is 0.0469. The SMILES string of the molecule is CC(C)Oc1ccc(-c2nnc(C3CC(NC(=O)OC(C)(C)C)C3)n2-c2ccccc2F)nc1. The van der Waals surface area contributed by atoms with Gasteiger partial charge in [0.25, 0.3) is 0 Å². The third-order valence-electron chi connectivity index (χ3n) is 5.34. The summed E-state index contributed by atoms with van der Waals surface area (Å²) in [7, 11) is 0. The van der Waals surface area contributed by atoms with Crippen LogP contribution < -0.4 is 10.1 Å². The molecule has 0 atom stereocenters. The van der Waals surface area contributed by atoms with Crippen LogP contribution in [-0.4, -0.2) is 43.6 Å². The topological polar surface area (TPSA) is 91.2 Å². The first kappa shape index (κ1) is 23.7. The molecule has 1 fully saturated rings. The highest BCUT2D eigenvalue weighted by atomic mass is 19.1. The Morgan fingerprint density at radius 3 is 2.50 bits per heavy atom. The van der Waals surface area contributed by atoms with E-state index in [-0.39, 0.29) is 23.9 Å². The Morgan fingerprint density at radius 1 is 1.15 bits per heavy atom. The summed E-state index contributed by atoms with van der Waals surface area (Å²) in [5, 5.41) is 11.7. The third kappa shape index (κ3) is 5.35. The van der Waals surface area contributed by atoms with Crippen LogP contribution in [-0.2, 0) is 4.74 Å². The standard InChI is InChI=1S/C25H30FN5O3/c1-15(2)33-18-10-11-20(27-14-18)23-30-29-22(31(23)21-9-7-6-8-19(21)26)16-12-17(13-16)28-24(32)34-25(3,4)5/h6-11,14-17H,12-13H2,1-5H3,(H,28,32). The molecule has 0 radical (unpaired) electrons. The summed E-state index contributed by atoms with van der Waals surface area (Å²) >= 11 is 0. The van der Waals surface area contributed by atoms with Gasteiger partial charge in [-0.15, -0.1) is 10.2 Å². The second kappa shape index (κ2) is 9.40. The Bertz CT molecular complexity index is 1150. The number of amides is 1. The Balaban J connectivity index is 1.59. The van der Waals surface area contributed by atoms with Crippen LogP contribution >= 0.6 is 0 Å². The van der Waals surface area contributed by atoms with Crippen LogP contribution in [0.2, 0.25) is 0 Å². The maximum Gasteiger partial charge on any atom is 0.407 e. The molecule has 1 saturated carbocycles. The molecule has 1 aliphatic rings. The maximum atomic E-state index is 14.8. The van der Waals surface area contributed by atoms with E-state index in [9.17, 15) is 9.18 Å². The lowest BCUT2D eigenvalue weighted by Crippen LogP contribution is -2.45. The number of alkyl carbamates (subject to hydrolysis) is 1. The molecule has 180 valence electrons. The van der Waals surface area contributed by atoms with Gasteiger partial charge in [-0.3, -0.25) is 4.57 Å². The van der Waals surface area contributed by atoms with Gasteiger partial charge in [-0.05, 0) is 71.7 Å². The predicted octanol–water partition coefficient (Wildman–Crippen LogP) is 5.03. The fraction of sp³-hybridized carbons (Fsp3) is 0.440. The van der Waals surface area contributed by atoms with E-state index in [1.54, 1.807) is 35.0 Å². The van der Waals surface area contributed by atoms with Gasteiger partial charge in [0.1, 0.15) is 28.7 Å². The third-order valence-corrected chi connectivity index (χ3v) is 5.34. The molecule has 1 amide bonds. The molecular weight excluding hydrogens is 437 g/mol. The number of hydrogen-bond donors (Lipinski definition) is 1. The highest BCUT2D eigenvalue weighted by molar-refractivity contribution is 5.68. The molecule has 0 unspecified atom stereocenters. The maximum absolute atomic E-state index is 14.8. The van der Waals surface area contributed by atoms with Gasteiger partial charge in [-0.2, -0.15) is 0 Å². The van der Waals surface area contributed by atoms with Crippen LogP contribution in [0.1, 0.15) is 59.2 Å². The summed E-state index contributed by atoms with van der Waals surface area (Å²) in [5.74, 6) is 1.34. The molecule has 0 aliphatic heterocycles. The number of para-hydroxylation sites is 1. The largest absolute Gasteiger partial charge is 0.489 e. The molecule has 4 rings (SSSR count). The van der Waals surface area contributed by atoms with Crippen molar-refractivity contribution in [2.24, 2.45) is 0 Å². The van der Waals surface area contributed by atoms with E-state index < -0.39 is 11.7 Å². The van der Waals surface area contributed by atoms with E-state index in [1.807, 2.05) is 40.7 Å². The summed E-state index contributed by atoms with van der Waals surface area (Å²) in [6.07, 6.45) is 2.52. The smallest absolute Gasteiger partial charge is 0.407 e. The molecular formula is C25H30FN5O3. The first-order valence-electron chi connectivity index (χ1n) is 11.4. The van der Waals surface area contributed by atoms with Crippen LogP contribution in [0.15, 0.2) is 42.6 Å². The average Bonchev–Trinajstić information content (AvgIpc) is 3.13. The zero-order valence-electron chi connectivity index (χ0n) is 20.1. The van der Waals surface area contributed by atoms with Crippen molar-refractivity contribution in [3.63, 3.8) is 0 Å². The summed E-state index contributed by atoms with van der Waals surface area (Å²) in [5.41, 5.74) is 0.349. The molecule has 0 bridgehead atoms. The lowest BCUT2D eigenvalue weighted by atomic mass is 9.79. The van der Waals surface area contributed by atoms with E-state index in [0.29, 0.717) is 41.6 Å². The van der Waals surface area contributed by atoms with Gasteiger partial charge in [0.2, 0.25) is 0 Å². The Labute approximate surface area is 198 Å². The number of halogens is 1. The summed E-state index contributed by atoms with van der Waals surface area (Å²) in [6.45, 7) is 9.36. The van der Waals surface area contributed by atoms with Gasteiger partial charge in [-0.1, -0.05) is 12.1 Å². The quantitative estimate of drug-likeness (QED) is 0.547. The fourth-order valence-corrected chi connectivity index (χ4v) is 3.87. The molecule has 3 aromatic rings. The van der Waals surface area contributed by atoms with Crippen molar-refractivity contribution < 1.29 is 18.7 Å². The first-order chi connectivity index (χ1) is 16.1. The number of rotatable bonds is 6. The lowest BCUT2D eigenvalue weighted by Gasteiger charge is -2.35. The van der Waals surface area contributed by atoms with Crippen molar-refractivity contribution in [2.75, 3.05) is 0 Å². The Hall–Kier alpha value is -3.49. The Kier molecular flexibility index (Phi) is 6.54. The molecule has 2 aromatic heterocycles. The second-order valence-electron chi connectivity index (χ2n) is 9.73. The van der Waals surface area contributed by atoms with Gasteiger partial charge in [0.15, 0.2) is 5.82 Å². The van der Waals surface area contributed by atoms with Gasteiger partial charge in [0.05, 0.1) is 18.0 Å². The summed E-state index contributed by atoms with van der Waals surface area (Å²) in [4.78, 5) is 16.6.